The van der Waals surface area contributed by atoms with E-state index < -0.39 is 15.8 Å². The lowest BCUT2D eigenvalue weighted by Crippen LogP contribution is -2.18. The summed E-state index contributed by atoms with van der Waals surface area (Å²) in [5.41, 5.74) is 1.52. The van der Waals surface area contributed by atoms with Gasteiger partial charge >= 0.3 is 5.97 Å². The normalized spacial score (nSPS) is 11.2. The molecule has 0 bridgehead atoms. The van der Waals surface area contributed by atoms with E-state index in [1.54, 1.807) is 19.1 Å². The van der Waals surface area contributed by atoms with Crippen molar-refractivity contribution in [3.8, 4) is 0 Å². The van der Waals surface area contributed by atoms with E-state index in [4.69, 9.17) is 5.11 Å². The predicted octanol–water partition coefficient (Wildman–Crippen LogP) is 1.54. The highest BCUT2D eigenvalue weighted by Crippen LogP contribution is 2.17. The van der Waals surface area contributed by atoms with E-state index in [2.05, 4.69) is 5.32 Å². The Labute approximate surface area is 107 Å². The van der Waals surface area contributed by atoms with Crippen molar-refractivity contribution in [2.75, 3.05) is 23.4 Å². The zero-order valence-electron chi connectivity index (χ0n) is 10.4. The highest BCUT2D eigenvalue weighted by molar-refractivity contribution is 7.91. The first-order chi connectivity index (χ1) is 8.35. The van der Waals surface area contributed by atoms with Crippen LogP contribution < -0.4 is 5.32 Å². The van der Waals surface area contributed by atoms with Crippen molar-refractivity contribution in [1.29, 1.82) is 0 Å². The Morgan fingerprint density at radius 1 is 1.39 bits per heavy atom. The number of benzene rings is 1. The van der Waals surface area contributed by atoms with Crippen LogP contribution in [0.1, 0.15) is 22.8 Å². The van der Waals surface area contributed by atoms with Gasteiger partial charge in [-0.2, -0.15) is 0 Å². The zero-order valence-corrected chi connectivity index (χ0v) is 11.3. The van der Waals surface area contributed by atoms with Crippen molar-refractivity contribution >= 4 is 21.5 Å². The summed E-state index contributed by atoms with van der Waals surface area (Å²) in [6, 6.07) is 4.91. The number of sulfone groups is 1. The number of nitrogens with one attached hydrogen (secondary N) is 1. The van der Waals surface area contributed by atoms with E-state index in [9.17, 15) is 13.2 Å². The molecule has 1 rings (SSSR count). The van der Waals surface area contributed by atoms with E-state index >= 15 is 0 Å². The first-order valence-corrected chi connectivity index (χ1v) is 7.46. The summed E-state index contributed by atoms with van der Waals surface area (Å²) in [5, 5.41) is 11.9. The molecule has 0 unspecified atom stereocenters. The molecular formula is C12H17NO4S. The molecule has 1 aromatic rings. The Kier molecular flexibility index (Phi) is 4.72. The topological polar surface area (TPSA) is 83.5 Å². The second-order valence-corrected chi connectivity index (χ2v) is 6.49. The number of carbonyl (C=O) groups is 1. The summed E-state index contributed by atoms with van der Waals surface area (Å²) in [6.07, 6.45) is 0. The SMILES string of the molecule is CCS(=O)(=O)CCNc1cc(C)ccc1C(=O)O. The molecule has 6 heteroatoms. The molecule has 0 spiro atoms. The molecule has 100 valence electrons. The van der Waals surface area contributed by atoms with Gasteiger partial charge in [0, 0.05) is 18.0 Å². The lowest BCUT2D eigenvalue weighted by Gasteiger charge is -2.10. The van der Waals surface area contributed by atoms with Crippen molar-refractivity contribution in [2.24, 2.45) is 0 Å². The van der Waals surface area contributed by atoms with Crippen molar-refractivity contribution in [3.05, 3.63) is 29.3 Å². The van der Waals surface area contributed by atoms with Gasteiger partial charge in [0.05, 0.1) is 11.3 Å². The van der Waals surface area contributed by atoms with E-state index in [-0.39, 0.29) is 23.6 Å². The summed E-state index contributed by atoms with van der Waals surface area (Å²) in [6.45, 7) is 3.64. The minimum absolute atomic E-state index is 0.00347. The maximum absolute atomic E-state index is 11.3. The number of anilines is 1. The van der Waals surface area contributed by atoms with Crippen LogP contribution in [0, 0.1) is 6.92 Å². The van der Waals surface area contributed by atoms with Crippen LogP contribution in [0.5, 0.6) is 0 Å². The summed E-state index contributed by atoms with van der Waals surface area (Å²) >= 11 is 0. The fourth-order valence-electron chi connectivity index (χ4n) is 1.48. The number of hydrogen-bond donors (Lipinski definition) is 2. The summed E-state index contributed by atoms with van der Waals surface area (Å²) in [7, 11) is -3.04. The summed E-state index contributed by atoms with van der Waals surface area (Å²) in [4.78, 5) is 11.0. The van der Waals surface area contributed by atoms with Gasteiger partial charge in [0.1, 0.15) is 0 Å². The van der Waals surface area contributed by atoms with Crippen LogP contribution in [-0.2, 0) is 9.84 Å². The molecule has 0 aliphatic carbocycles. The third-order valence-electron chi connectivity index (χ3n) is 2.57. The van der Waals surface area contributed by atoms with E-state index in [1.165, 1.54) is 6.07 Å². The van der Waals surface area contributed by atoms with Gasteiger partial charge in [0.15, 0.2) is 9.84 Å². The highest BCUT2D eigenvalue weighted by atomic mass is 32.2. The van der Waals surface area contributed by atoms with Crippen LogP contribution in [0.3, 0.4) is 0 Å². The Morgan fingerprint density at radius 3 is 2.61 bits per heavy atom. The highest BCUT2D eigenvalue weighted by Gasteiger charge is 2.11. The van der Waals surface area contributed by atoms with Gasteiger partial charge in [0.2, 0.25) is 0 Å². The molecule has 0 amide bonds. The van der Waals surface area contributed by atoms with Gasteiger partial charge < -0.3 is 10.4 Å². The van der Waals surface area contributed by atoms with Gasteiger partial charge in [-0.15, -0.1) is 0 Å². The van der Waals surface area contributed by atoms with Crippen LogP contribution in [0.4, 0.5) is 5.69 Å². The van der Waals surface area contributed by atoms with E-state index in [1.807, 2.05) is 6.92 Å². The molecule has 0 saturated heterocycles. The molecule has 0 aromatic heterocycles. The van der Waals surface area contributed by atoms with Crippen LogP contribution in [-0.4, -0.2) is 37.5 Å². The quantitative estimate of drug-likeness (QED) is 0.820. The smallest absolute Gasteiger partial charge is 0.337 e. The number of aromatic carboxylic acids is 1. The minimum Gasteiger partial charge on any atom is -0.478 e. The molecule has 1 aromatic carbocycles. The third-order valence-corrected chi connectivity index (χ3v) is 4.28. The fourth-order valence-corrected chi connectivity index (χ4v) is 2.18. The summed E-state index contributed by atoms with van der Waals surface area (Å²) in [5.74, 6) is -0.944. The predicted molar refractivity (Wildman–Crippen MR) is 71.0 cm³/mol. The molecule has 0 aliphatic heterocycles. The van der Waals surface area contributed by atoms with E-state index in [0.29, 0.717) is 5.69 Å². The monoisotopic (exact) mass is 271 g/mol. The van der Waals surface area contributed by atoms with Crippen LogP contribution >= 0.6 is 0 Å². The van der Waals surface area contributed by atoms with Crippen LogP contribution in [0.2, 0.25) is 0 Å². The molecule has 2 N–H and O–H groups in total. The standard InChI is InChI=1S/C12H17NO4S/c1-3-18(16,17)7-6-13-11-8-9(2)4-5-10(11)12(14)15/h4-5,8,13H,3,6-7H2,1-2H3,(H,14,15). The Balaban J connectivity index is 2.78. The number of aryl methyl sites for hydroxylation is 1. The van der Waals surface area contributed by atoms with Crippen molar-refractivity contribution in [1.82, 2.24) is 0 Å². The van der Waals surface area contributed by atoms with Gasteiger partial charge in [-0.3, -0.25) is 0 Å². The molecule has 0 radical (unpaired) electrons. The molecule has 0 atom stereocenters. The lowest BCUT2D eigenvalue weighted by molar-refractivity contribution is 0.0698. The van der Waals surface area contributed by atoms with Gasteiger partial charge in [-0.25, -0.2) is 13.2 Å². The van der Waals surface area contributed by atoms with Crippen LogP contribution in [0.15, 0.2) is 18.2 Å². The van der Waals surface area contributed by atoms with Gasteiger partial charge in [-0.05, 0) is 24.6 Å². The fraction of sp³-hybridized carbons (Fsp3) is 0.417. The van der Waals surface area contributed by atoms with E-state index in [0.717, 1.165) is 5.56 Å². The summed E-state index contributed by atoms with van der Waals surface area (Å²) < 4.78 is 22.6. The number of hydrogen-bond acceptors (Lipinski definition) is 4. The Bertz CT molecular complexity index is 537. The minimum atomic E-state index is -3.04. The maximum atomic E-state index is 11.3. The third kappa shape index (κ3) is 4.03. The maximum Gasteiger partial charge on any atom is 0.337 e. The van der Waals surface area contributed by atoms with Crippen LogP contribution in [0.25, 0.3) is 0 Å². The number of rotatable bonds is 6. The number of carboxylic acid groups (broad SMARTS) is 1. The average Bonchev–Trinajstić information content (AvgIpc) is 2.28. The van der Waals surface area contributed by atoms with Crippen molar-refractivity contribution < 1.29 is 18.3 Å². The second kappa shape index (κ2) is 5.86. The molecule has 0 saturated carbocycles. The van der Waals surface area contributed by atoms with Crippen molar-refractivity contribution in [2.45, 2.75) is 13.8 Å². The van der Waals surface area contributed by atoms with Gasteiger partial charge in [0.25, 0.3) is 0 Å². The zero-order chi connectivity index (χ0) is 13.8. The largest absolute Gasteiger partial charge is 0.478 e. The molecule has 5 nitrogen and oxygen atoms in total. The lowest BCUT2D eigenvalue weighted by atomic mass is 10.1. The first-order valence-electron chi connectivity index (χ1n) is 5.64. The number of carboxylic acids is 1. The molecule has 0 aliphatic rings. The second-order valence-electron chi connectivity index (χ2n) is 4.02. The molecule has 18 heavy (non-hydrogen) atoms. The average molecular weight is 271 g/mol. The Hall–Kier alpha value is -1.56. The molecular weight excluding hydrogens is 254 g/mol. The molecule has 0 heterocycles. The molecule has 0 fully saturated rings. The Morgan fingerprint density at radius 2 is 2.06 bits per heavy atom. The van der Waals surface area contributed by atoms with Crippen molar-refractivity contribution in [3.63, 3.8) is 0 Å². The first kappa shape index (κ1) is 14.5. The van der Waals surface area contributed by atoms with Gasteiger partial charge in [-0.1, -0.05) is 13.0 Å².